The molecule has 2 nitrogen and oxygen atoms in total. The van der Waals surface area contributed by atoms with Gasteiger partial charge in [0.15, 0.2) is 0 Å². The molecule has 0 saturated carbocycles. The summed E-state index contributed by atoms with van der Waals surface area (Å²) in [5.41, 5.74) is 0. The number of carbonyl (C=O) groups excluding carboxylic acids is 1. The van der Waals surface area contributed by atoms with E-state index < -0.39 is 12.6 Å². The van der Waals surface area contributed by atoms with E-state index in [-0.39, 0.29) is 17.6 Å². The van der Waals surface area contributed by atoms with E-state index in [4.69, 9.17) is 4.74 Å². The van der Waals surface area contributed by atoms with Crippen LogP contribution in [0.15, 0.2) is 0 Å². The molecule has 0 aliphatic heterocycles. The second kappa shape index (κ2) is 13.0. The van der Waals surface area contributed by atoms with Crippen molar-refractivity contribution in [2.75, 3.05) is 12.4 Å². The summed E-state index contributed by atoms with van der Waals surface area (Å²) in [6, 6.07) is 0. The summed E-state index contributed by atoms with van der Waals surface area (Å²) < 4.78 is 41.4. The first-order valence-electron chi connectivity index (χ1n) is 8.61. The van der Waals surface area contributed by atoms with Crippen LogP contribution in [0.3, 0.4) is 0 Å². The molecule has 1 atom stereocenters. The molecule has 0 rings (SSSR count). The molecule has 0 aromatic heterocycles. The maximum Gasteiger partial charge on any atom is 0.389 e. The Kier molecular flexibility index (Phi) is 12.7. The summed E-state index contributed by atoms with van der Waals surface area (Å²) in [4.78, 5) is 12.1. The van der Waals surface area contributed by atoms with Crippen molar-refractivity contribution in [3.63, 3.8) is 0 Å². The number of esters is 1. The predicted octanol–water partition coefficient (Wildman–Crippen LogP) is 5.99. The second-order valence-electron chi connectivity index (χ2n) is 6.29. The molecule has 0 saturated heterocycles. The van der Waals surface area contributed by atoms with E-state index in [1.165, 1.54) is 0 Å². The van der Waals surface area contributed by atoms with Crippen molar-refractivity contribution in [2.24, 2.45) is 5.92 Å². The highest BCUT2D eigenvalue weighted by atomic mass is 32.2. The van der Waals surface area contributed by atoms with E-state index in [1.54, 1.807) is 11.8 Å². The summed E-state index contributed by atoms with van der Waals surface area (Å²) in [6.45, 7) is 6.67. The maximum atomic E-state index is 12.1. The third-order valence-electron chi connectivity index (χ3n) is 3.36. The van der Waals surface area contributed by atoms with Crippen LogP contribution in [-0.2, 0) is 9.53 Å². The standard InChI is InChI=1S/C17H31F3O2S/c1-4-5-11-22-16(21)15(13-14(2)3)23-12-9-7-6-8-10-17(18,19)20/h14-15H,4-13H2,1-3H3. The van der Waals surface area contributed by atoms with Crippen molar-refractivity contribution in [3.05, 3.63) is 0 Å². The number of hydrogen-bond acceptors (Lipinski definition) is 3. The van der Waals surface area contributed by atoms with E-state index in [9.17, 15) is 18.0 Å². The Labute approximate surface area is 142 Å². The smallest absolute Gasteiger partial charge is 0.389 e. The van der Waals surface area contributed by atoms with Gasteiger partial charge in [-0.05, 0) is 37.4 Å². The molecule has 0 aromatic carbocycles. The molecular formula is C17H31F3O2S. The third kappa shape index (κ3) is 14.9. The first-order chi connectivity index (χ1) is 10.8. The largest absolute Gasteiger partial charge is 0.465 e. The molecule has 0 fully saturated rings. The number of halogens is 3. The molecule has 6 heteroatoms. The molecule has 0 heterocycles. The van der Waals surface area contributed by atoms with Gasteiger partial charge in [0.1, 0.15) is 5.25 Å². The third-order valence-corrected chi connectivity index (χ3v) is 4.68. The highest BCUT2D eigenvalue weighted by molar-refractivity contribution is 8.00. The van der Waals surface area contributed by atoms with Gasteiger partial charge in [0.2, 0.25) is 0 Å². The first kappa shape index (κ1) is 22.6. The van der Waals surface area contributed by atoms with E-state index in [1.807, 2.05) is 6.92 Å². The van der Waals surface area contributed by atoms with Gasteiger partial charge in [0, 0.05) is 6.42 Å². The number of thioether (sulfide) groups is 1. The Morgan fingerprint density at radius 3 is 2.30 bits per heavy atom. The number of hydrogen-bond donors (Lipinski definition) is 0. The van der Waals surface area contributed by atoms with Crippen LogP contribution < -0.4 is 0 Å². The Morgan fingerprint density at radius 2 is 1.74 bits per heavy atom. The zero-order valence-corrected chi connectivity index (χ0v) is 15.4. The number of rotatable bonds is 13. The normalized spacial score (nSPS) is 13.3. The highest BCUT2D eigenvalue weighted by Gasteiger charge is 2.25. The SMILES string of the molecule is CCCCOC(=O)C(CC(C)C)SCCCCCCC(F)(F)F. The van der Waals surface area contributed by atoms with Crippen molar-refractivity contribution >= 4 is 17.7 Å². The van der Waals surface area contributed by atoms with Crippen molar-refractivity contribution in [1.82, 2.24) is 0 Å². The number of unbranched alkanes of at least 4 members (excludes halogenated alkanes) is 4. The van der Waals surface area contributed by atoms with Crippen molar-refractivity contribution in [3.8, 4) is 0 Å². The van der Waals surface area contributed by atoms with Gasteiger partial charge in [-0.3, -0.25) is 4.79 Å². The van der Waals surface area contributed by atoms with Crippen LogP contribution in [0.1, 0.15) is 72.1 Å². The quantitative estimate of drug-likeness (QED) is 0.299. The highest BCUT2D eigenvalue weighted by Crippen LogP contribution is 2.25. The van der Waals surface area contributed by atoms with Crippen LogP contribution >= 0.6 is 11.8 Å². The molecule has 0 amide bonds. The summed E-state index contributed by atoms with van der Waals surface area (Å²) in [5, 5.41) is -0.151. The molecule has 0 aromatic rings. The molecule has 0 aliphatic carbocycles. The number of alkyl halides is 3. The zero-order valence-electron chi connectivity index (χ0n) is 14.6. The summed E-state index contributed by atoms with van der Waals surface area (Å²) in [7, 11) is 0. The van der Waals surface area contributed by atoms with Crippen molar-refractivity contribution in [1.29, 1.82) is 0 Å². The fourth-order valence-corrected chi connectivity index (χ4v) is 3.46. The van der Waals surface area contributed by atoms with Crippen LogP contribution in [0.5, 0.6) is 0 Å². The Hall–Kier alpha value is -0.390. The van der Waals surface area contributed by atoms with Gasteiger partial charge < -0.3 is 4.74 Å². The van der Waals surface area contributed by atoms with Gasteiger partial charge in [-0.1, -0.05) is 40.0 Å². The van der Waals surface area contributed by atoms with Crippen LogP contribution in [-0.4, -0.2) is 29.8 Å². The molecule has 1 unspecified atom stereocenters. The first-order valence-corrected chi connectivity index (χ1v) is 9.66. The van der Waals surface area contributed by atoms with Gasteiger partial charge in [-0.25, -0.2) is 0 Å². The minimum absolute atomic E-state index is 0.144. The molecule has 0 N–H and O–H groups in total. The number of carbonyl (C=O) groups is 1. The lowest BCUT2D eigenvalue weighted by molar-refractivity contribution is -0.143. The Bertz CT molecular complexity index is 307. The van der Waals surface area contributed by atoms with E-state index in [0.717, 1.165) is 37.9 Å². The van der Waals surface area contributed by atoms with Crippen molar-refractivity contribution in [2.45, 2.75) is 83.6 Å². The van der Waals surface area contributed by atoms with E-state index in [2.05, 4.69) is 13.8 Å². The molecule has 0 spiro atoms. The van der Waals surface area contributed by atoms with Gasteiger partial charge in [-0.15, -0.1) is 11.8 Å². The Morgan fingerprint density at radius 1 is 1.09 bits per heavy atom. The molecule has 23 heavy (non-hydrogen) atoms. The minimum atomic E-state index is -4.04. The monoisotopic (exact) mass is 356 g/mol. The molecule has 0 radical (unpaired) electrons. The maximum absolute atomic E-state index is 12.1. The van der Waals surface area contributed by atoms with Crippen LogP contribution in [0.2, 0.25) is 0 Å². The predicted molar refractivity (Wildman–Crippen MR) is 90.7 cm³/mol. The summed E-state index contributed by atoms with van der Waals surface area (Å²) >= 11 is 1.58. The average Bonchev–Trinajstić information content (AvgIpc) is 2.43. The average molecular weight is 356 g/mol. The summed E-state index contributed by atoms with van der Waals surface area (Å²) in [5.74, 6) is 1.07. The van der Waals surface area contributed by atoms with Crippen molar-refractivity contribution < 1.29 is 22.7 Å². The molecule has 0 aliphatic rings. The van der Waals surface area contributed by atoms with Crippen LogP contribution in [0.25, 0.3) is 0 Å². The fourth-order valence-electron chi connectivity index (χ4n) is 2.08. The lowest BCUT2D eigenvalue weighted by Gasteiger charge is -2.17. The molecule has 0 bridgehead atoms. The van der Waals surface area contributed by atoms with E-state index in [0.29, 0.717) is 18.9 Å². The molecule has 138 valence electrons. The Balaban J connectivity index is 3.90. The molecular weight excluding hydrogens is 325 g/mol. The minimum Gasteiger partial charge on any atom is -0.465 e. The van der Waals surface area contributed by atoms with Gasteiger partial charge in [0.25, 0.3) is 0 Å². The second-order valence-corrected chi connectivity index (χ2v) is 7.60. The zero-order chi connectivity index (χ0) is 17.7. The van der Waals surface area contributed by atoms with Gasteiger partial charge in [-0.2, -0.15) is 13.2 Å². The summed E-state index contributed by atoms with van der Waals surface area (Å²) in [6.07, 6.45) is 0.334. The van der Waals surface area contributed by atoms with Crippen LogP contribution in [0.4, 0.5) is 13.2 Å². The lowest BCUT2D eigenvalue weighted by atomic mass is 10.1. The van der Waals surface area contributed by atoms with E-state index >= 15 is 0 Å². The van der Waals surface area contributed by atoms with Gasteiger partial charge >= 0.3 is 12.1 Å². The van der Waals surface area contributed by atoms with Gasteiger partial charge in [0.05, 0.1) is 6.61 Å². The number of ether oxygens (including phenoxy) is 1. The van der Waals surface area contributed by atoms with Crippen LogP contribution in [0, 0.1) is 5.92 Å². The lowest BCUT2D eigenvalue weighted by Crippen LogP contribution is -2.23. The fraction of sp³-hybridized carbons (Fsp3) is 0.941. The topological polar surface area (TPSA) is 26.3 Å².